The fraction of sp³-hybridized carbons (Fsp3) is 0.231. The van der Waals surface area contributed by atoms with Crippen LogP contribution in [0.25, 0.3) is 11.6 Å². The van der Waals surface area contributed by atoms with Gasteiger partial charge in [0.05, 0.1) is 0 Å². The second kappa shape index (κ2) is 10.5. The number of phenolic OH excluding ortho intramolecular Hbond substituents is 1. The van der Waals surface area contributed by atoms with Gasteiger partial charge in [-0.3, -0.25) is 0 Å². The van der Waals surface area contributed by atoms with Gasteiger partial charge in [-0.2, -0.15) is 0 Å². The zero-order chi connectivity index (χ0) is 20.5. The number of phenols is 1. The van der Waals surface area contributed by atoms with Crippen molar-refractivity contribution in [1.29, 1.82) is 0 Å². The lowest BCUT2D eigenvalue weighted by molar-refractivity contribution is 0.261. The Morgan fingerprint density at radius 1 is 0.931 bits per heavy atom. The van der Waals surface area contributed by atoms with Crippen molar-refractivity contribution in [2.24, 2.45) is 0 Å². The number of hydrogen-bond donors (Lipinski definition) is 1. The molecule has 0 amide bonds. The highest BCUT2D eigenvalue weighted by molar-refractivity contribution is 5.81. The van der Waals surface area contributed by atoms with Crippen molar-refractivity contribution >= 4 is 11.6 Å². The van der Waals surface area contributed by atoms with Crippen LogP contribution in [0, 0.1) is 0 Å². The average Bonchev–Trinajstić information content (AvgIpc) is 2.72. The number of ether oxygens (including phenoxy) is 1. The second-order valence-electron chi connectivity index (χ2n) is 7.43. The molecule has 3 rings (SSSR count). The summed E-state index contributed by atoms with van der Waals surface area (Å²) in [6, 6.07) is 26.2. The summed E-state index contributed by atoms with van der Waals surface area (Å²) < 4.78 is 5.78. The van der Waals surface area contributed by atoms with Gasteiger partial charge in [-0.1, -0.05) is 60.7 Å². The van der Waals surface area contributed by atoms with Crippen LogP contribution < -0.4 is 4.74 Å². The van der Waals surface area contributed by atoms with Gasteiger partial charge in [-0.15, -0.1) is 0 Å². The summed E-state index contributed by atoms with van der Waals surface area (Å²) in [5.41, 5.74) is 4.75. The first kappa shape index (κ1) is 20.7. The minimum Gasteiger partial charge on any atom is -0.508 e. The van der Waals surface area contributed by atoms with Crippen LogP contribution >= 0.6 is 0 Å². The number of allylic oxidation sites excluding steroid dienone is 1. The number of aromatic hydroxyl groups is 1. The normalized spacial score (nSPS) is 11.6. The smallest absolute Gasteiger partial charge is 0.119 e. The van der Waals surface area contributed by atoms with Gasteiger partial charge in [0.2, 0.25) is 0 Å². The number of aryl methyl sites for hydroxylation is 1. The maximum atomic E-state index is 9.78. The molecule has 29 heavy (non-hydrogen) atoms. The van der Waals surface area contributed by atoms with Crippen LogP contribution in [0.5, 0.6) is 11.5 Å². The summed E-state index contributed by atoms with van der Waals surface area (Å²) in [5.74, 6) is 1.20. The topological polar surface area (TPSA) is 32.7 Å². The third-order valence-corrected chi connectivity index (χ3v) is 4.77. The first-order valence-electron chi connectivity index (χ1n) is 10.0. The second-order valence-corrected chi connectivity index (χ2v) is 7.43. The SMILES string of the molecule is CN(C)CCOc1ccc(CCC(=Cc2cccc(O)c2)c2ccccc2)cc1. The Kier molecular flexibility index (Phi) is 7.48. The number of nitrogens with zero attached hydrogens (tertiary/aromatic N) is 1. The van der Waals surface area contributed by atoms with Crippen LogP contribution in [0.1, 0.15) is 23.1 Å². The molecule has 1 N–H and O–H groups in total. The van der Waals surface area contributed by atoms with Gasteiger partial charge in [-0.05, 0) is 73.5 Å². The lowest BCUT2D eigenvalue weighted by Crippen LogP contribution is -2.19. The summed E-state index contributed by atoms with van der Waals surface area (Å²) in [4.78, 5) is 2.11. The Bertz CT molecular complexity index is 915. The third kappa shape index (κ3) is 6.81. The van der Waals surface area contributed by atoms with Gasteiger partial charge in [-0.25, -0.2) is 0 Å². The minimum absolute atomic E-state index is 0.288. The highest BCUT2D eigenvalue weighted by Crippen LogP contribution is 2.25. The molecule has 0 aliphatic heterocycles. The van der Waals surface area contributed by atoms with E-state index in [0.29, 0.717) is 6.61 Å². The summed E-state index contributed by atoms with van der Waals surface area (Å²) >= 11 is 0. The van der Waals surface area contributed by atoms with Crippen LogP contribution in [0.4, 0.5) is 0 Å². The lowest BCUT2D eigenvalue weighted by Gasteiger charge is -2.12. The molecule has 0 atom stereocenters. The molecule has 0 heterocycles. The maximum absolute atomic E-state index is 9.78. The van der Waals surface area contributed by atoms with E-state index in [9.17, 15) is 5.11 Å². The molecule has 0 aliphatic carbocycles. The van der Waals surface area contributed by atoms with Crippen LogP contribution in [0.3, 0.4) is 0 Å². The molecule has 3 aromatic carbocycles. The van der Waals surface area contributed by atoms with E-state index in [4.69, 9.17) is 4.74 Å². The van der Waals surface area contributed by atoms with E-state index in [0.717, 1.165) is 30.7 Å². The number of benzene rings is 3. The standard InChI is InChI=1S/C26H29NO2/c1-27(2)17-18-29-26-15-12-21(13-16-26)11-14-24(23-8-4-3-5-9-23)19-22-7-6-10-25(28)20-22/h3-10,12-13,15-16,19-20,28H,11,14,17-18H2,1-2H3. The predicted molar refractivity (Wildman–Crippen MR) is 121 cm³/mol. The van der Waals surface area contributed by atoms with Gasteiger partial charge in [0.1, 0.15) is 18.1 Å². The van der Waals surface area contributed by atoms with E-state index in [1.54, 1.807) is 12.1 Å². The van der Waals surface area contributed by atoms with Gasteiger partial charge in [0.15, 0.2) is 0 Å². The van der Waals surface area contributed by atoms with E-state index in [1.165, 1.54) is 16.7 Å². The number of rotatable bonds is 9. The summed E-state index contributed by atoms with van der Waals surface area (Å²) in [7, 11) is 4.09. The molecule has 0 saturated heterocycles. The zero-order valence-electron chi connectivity index (χ0n) is 17.2. The molecule has 0 spiro atoms. The Hall–Kier alpha value is -3.04. The van der Waals surface area contributed by atoms with Gasteiger partial charge >= 0.3 is 0 Å². The van der Waals surface area contributed by atoms with Crippen molar-refractivity contribution in [2.75, 3.05) is 27.2 Å². The molecule has 0 unspecified atom stereocenters. The van der Waals surface area contributed by atoms with Crippen LogP contribution in [-0.4, -0.2) is 37.3 Å². The molecular formula is C26H29NO2. The van der Waals surface area contributed by atoms with E-state index < -0.39 is 0 Å². The van der Waals surface area contributed by atoms with Crippen molar-refractivity contribution in [3.05, 3.63) is 95.6 Å². The Labute approximate surface area is 173 Å². The molecule has 0 saturated carbocycles. The molecular weight excluding hydrogens is 358 g/mol. The summed E-state index contributed by atoms with van der Waals surface area (Å²) in [6.45, 7) is 1.60. The number of likely N-dealkylation sites (N-methyl/N-ethyl adjacent to an activating group) is 1. The molecule has 0 aliphatic rings. The van der Waals surface area contributed by atoms with Crippen molar-refractivity contribution in [3.8, 4) is 11.5 Å². The van der Waals surface area contributed by atoms with Crippen molar-refractivity contribution in [2.45, 2.75) is 12.8 Å². The summed E-state index contributed by atoms with van der Waals surface area (Å²) in [5, 5.41) is 9.78. The highest BCUT2D eigenvalue weighted by Gasteiger charge is 2.04. The Morgan fingerprint density at radius 2 is 1.69 bits per heavy atom. The van der Waals surface area contributed by atoms with Gasteiger partial charge in [0.25, 0.3) is 0 Å². The molecule has 0 radical (unpaired) electrons. The first-order valence-corrected chi connectivity index (χ1v) is 10.0. The Morgan fingerprint density at radius 3 is 2.38 bits per heavy atom. The Balaban J connectivity index is 1.69. The average molecular weight is 388 g/mol. The van der Waals surface area contributed by atoms with Gasteiger partial charge in [0, 0.05) is 6.54 Å². The molecule has 3 nitrogen and oxygen atoms in total. The molecule has 0 aromatic heterocycles. The quantitative estimate of drug-likeness (QED) is 0.492. The molecule has 0 fully saturated rings. The van der Waals surface area contributed by atoms with Crippen molar-refractivity contribution < 1.29 is 9.84 Å². The predicted octanol–water partition coefficient (Wildman–Crippen LogP) is 5.51. The van der Waals surface area contributed by atoms with Crippen LogP contribution in [0.2, 0.25) is 0 Å². The van der Waals surface area contributed by atoms with Crippen molar-refractivity contribution in [3.63, 3.8) is 0 Å². The van der Waals surface area contributed by atoms with E-state index >= 15 is 0 Å². The van der Waals surface area contributed by atoms with Crippen molar-refractivity contribution in [1.82, 2.24) is 4.90 Å². The largest absolute Gasteiger partial charge is 0.508 e. The molecule has 3 heteroatoms. The molecule has 0 bridgehead atoms. The van der Waals surface area contributed by atoms with E-state index in [1.807, 2.05) is 44.4 Å². The van der Waals surface area contributed by atoms with Crippen LogP contribution in [-0.2, 0) is 6.42 Å². The summed E-state index contributed by atoms with van der Waals surface area (Å²) in [6.07, 6.45) is 4.02. The number of hydrogen-bond acceptors (Lipinski definition) is 3. The first-order chi connectivity index (χ1) is 14.1. The fourth-order valence-electron chi connectivity index (χ4n) is 3.15. The van der Waals surface area contributed by atoms with Crippen LogP contribution in [0.15, 0.2) is 78.9 Å². The maximum Gasteiger partial charge on any atom is 0.119 e. The minimum atomic E-state index is 0.288. The zero-order valence-corrected chi connectivity index (χ0v) is 17.2. The monoisotopic (exact) mass is 387 g/mol. The highest BCUT2D eigenvalue weighted by atomic mass is 16.5. The fourth-order valence-corrected chi connectivity index (χ4v) is 3.15. The lowest BCUT2D eigenvalue weighted by atomic mass is 9.96. The van der Waals surface area contributed by atoms with E-state index in [-0.39, 0.29) is 5.75 Å². The van der Waals surface area contributed by atoms with Gasteiger partial charge < -0.3 is 14.7 Å². The molecule has 3 aromatic rings. The van der Waals surface area contributed by atoms with E-state index in [2.05, 4.69) is 47.4 Å². The molecule has 150 valence electrons. The third-order valence-electron chi connectivity index (χ3n) is 4.77.